The standard InChI is InChI=1S/C19H30N4/c1-2-10-20-19(3-1)23-13-8-18(9-14-23)22-11-6-17(7-12-22)21-15-16-4-5-16/h1-3,10,16-18,21H,4-9,11-15H2. The van der Waals surface area contributed by atoms with Crippen LogP contribution in [0.1, 0.15) is 38.5 Å². The zero-order chi connectivity index (χ0) is 15.5. The zero-order valence-corrected chi connectivity index (χ0v) is 14.2. The lowest BCUT2D eigenvalue weighted by Gasteiger charge is -2.42. The first-order chi connectivity index (χ1) is 11.4. The van der Waals surface area contributed by atoms with E-state index in [2.05, 4.69) is 32.2 Å². The predicted molar refractivity (Wildman–Crippen MR) is 94.8 cm³/mol. The van der Waals surface area contributed by atoms with Gasteiger partial charge in [0.1, 0.15) is 5.82 Å². The lowest BCUT2D eigenvalue weighted by Crippen LogP contribution is -2.50. The van der Waals surface area contributed by atoms with Gasteiger partial charge in [-0.05, 0) is 76.2 Å². The van der Waals surface area contributed by atoms with Crippen molar-refractivity contribution in [3.05, 3.63) is 24.4 Å². The predicted octanol–water partition coefficient (Wildman–Crippen LogP) is 2.51. The van der Waals surface area contributed by atoms with Gasteiger partial charge in [0.25, 0.3) is 0 Å². The van der Waals surface area contributed by atoms with E-state index < -0.39 is 0 Å². The van der Waals surface area contributed by atoms with E-state index in [9.17, 15) is 0 Å². The van der Waals surface area contributed by atoms with Crippen LogP contribution >= 0.6 is 0 Å². The lowest BCUT2D eigenvalue weighted by molar-refractivity contribution is 0.124. The van der Waals surface area contributed by atoms with E-state index in [1.165, 1.54) is 58.2 Å². The number of nitrogens with one attached hydrogen (secondary N) is 1. The Balaban J connectivity index is 1.20. The molecule has 1 aromatic rings. The van der Waals surface area contributed by atoms with Crippen LogP contribution in [0.4, 0.5) is 5.82 Å². The lowest BCUT2D eigenvalue weighted by atomic mass is 9.97. The van der Waals surface area contributed by atoms with Crippen molar-refractivity contribution in [3.8, 4) is 0 Å². The van der Waals surface area contributed by atoms with Gasteiger partial charge in [0.2, 0.25) is 0 Å². The second kappa shape index (κ2) is 7.18. The summed E-state index contributed by atoms with van der Waals surface area (Å²) in [5.41, 5.74) is 0. The number of rotatable bonds is 5. The molecule has 2 saturated heterocycles. The summed E-state index contributed by atoms with van der Waals surface area (Å²) in [5.74, 6) is 2.15. The van der Waals surface area contributed by atoms with E-state index in [4.69, 9.17) is 0 Å². The van der Waals surface area contributed by atoms with E-state index in [0.29, 0.717) is 0 Å². The Morgan fingerprint density at radius 3 is 2.39 bits per heavy atom. The minimum atomic E-state index is 0.778. The molecule has 1 aromatic heterocycles. The summed E-state index contributed by atoms with van der Waals surface area (Å²) >= 11 is 0. The molecule has 3 heterocycles. The highest BCUT2D eigenvalue weighted by atomic mass is 15.2. The molecular weight excluding hydrogens is 284 g/mol. The summed E-state index contributed by atoms with van der Waals surface area (Å²) in [6.45, 7) is 6.16. The SMILES string of the molecule is c1ccc(N2CCC(N3CCC(NCC4CC4)CC3)CC2)nc1. The minimum absolute atomic E-state index is 0.778. The summed E-state index contributed by atoms with van der Waals surface area (Å²) in [4.78, 5) is 9.69. The van der Waals surface area contributed by atoms with Gasteiger partial charge in [-0.2, -0.15) is 0 Å². The second-order valence-corrected chi connectivity index (χ2v) is 7.57. The molecular formula is C19H30N4. The monoisotopic (exact) mass is 314 g/mol. The number of aromatic nitrogens is 1. The average molecular weight is 314 g/mol. The summed E-state index contributed by atoms with van der Waals surface area (Å²) in [6.07, 6.45) is 10.1. The van der Waals surface area contributed by atoms with Gasteiger partial charge in [0, 0.05) is 31.4 Å². The first kappa shape index (κ1) is 15.4. The number of likely N-dealkylation sites (tertiary alicyclic amines) is 1. The van der Waals surface area contributed by atoms with Gasteiger partial charge < -0.3 is 15.1 Å². The van der Waals surface area contributed by atoms with E-state index in [1.807, 2.05) is 12.3 Å². The quantitative estimate of drug-likeness (QED) is 0.905. The van der Waals surface area contributed by atoms with E-state index in [1.54, 1.807) is 0 Å². The first-order valence-corrected chi connectivity index (χ1v) is 9.52. The van der Waals surface area contributed by atoms with Crippen LogP contribution < -0.4 is 10.2 Å². The van der Waals surface area contributed by atoms with Crippen LogP contribution in [0.3, 0.4) is 0 Å². The molecule has 126 valence electrons. The average Bonchev–Trinajstić information content (AvgIpc) is 3.46. The summed E-state index contributed by atoms with van der Waals surface area (Å²) in [5, 5.41) is 3.79. The summed E-state index contributed by atoms with van der Waals surface area (Å²) in [6, 6.07) is 7.79. The molecule has 1 aliphatic carbocycles. The molecule has 0 aromatic carbocycles. The Morgan fingerprint density at radius 1 is 0.957 bits per heavy atom. The molecule has 4 nitrogen and oxygen atoms in total. The van der Waals surface area contributed by atoms with Crippen molar-refractivity contribution >= 4 is 5.82 Å². The minimum Gasteiger partial charge on any atom is -0.357 e. The van der Waals surface area contributed by atoms with Crippen molar-refractivity contribution in [2.45, 2.75) is 50.6 Å². The third-order valence-electron chi connectivity index (χ3n) is 5.88. The fraction of sp³-hybridized carbons (Fsp3) is 0.737. The Bertz CT molecular complexity index is 471. The number of pyridine rings is 1. The summed E-state index contributed by atoms with van der Waals surface area (Å²) < 4.78 is 0. The van der Waals surface area contributed by atoms with Crippen molar-refractivity contribution < 1.29 is 0 Å². The van der Waals surface area contributed by atoms with Crippen molar-refractivity contribution in [2.75, 3.05) is 37.6 Å². The van der Waals surface area contributed by atoms with Crippen molar-refractivity contribution in [3.63, 3.8) is 0 Å². The van der Waals surface area contributed by atoms with Crippen LogP contribution in [0.2, 0.25) is 0 Å². The maximum atomic E-state index is 4.49. The fourth-order valence-electron chi connectivity index (χ4n) is 4.12. The smallest absolute Gasteiger partial charge is 0.128 e. The molecule has 4 heteroatoms. The van der Waals surface area contributed by atoms with E-state index in [0.717, 1.165) is 36.9 Å². The van der Waals surface area contributed by atoms with E-state index >= 15 is 0 Å². The molecule has 0 atom stereocenters. The molecule has 3 aliphatic rings. The molecule has 0 radical (unpaired) electrons. The highest BCUT2D eigenvalue weighted by Gasteiger charge is 2.29. The van der Waals surface area contributed by atoms with Gasteiger partial charge in [-0.25, -0.2) is 4.98 Å². The topological polar surface area (TPSA) is 31.4 Å². The number of anilines is 1. The van der Waals surface area contributed by atoms with Gasteiger partial charge in [0.15, 0.2) is 0 Å². The number of nitrogens with zero attached hydrogens (tertiary/aromatic N) is 3. The van der Waals surface area contributed by atoms with Crippen molar-refractivity contribution in [2.24, 2.45) is 5.92 Å². The number of piperidine rings is 2. The Kier molecular flexibility index (Phi) is 4.81. The molecule has 2 aliphatic heterocycles. The van der Waals surface area contributed by atoms with Crippen LogP contribution in [0.5, 0.6) is 0 Å². The molecule has 23 heavy (non-hydrogen) atoms. The van der Waals surface area contributed by atoms with E-state index in [-0.39, 0.29) is 0 Å². The highest BCUT2D eigenvalue weighted by Crippen LogP contribution is 2.28. The highest BCUT2D eigenvalue weighted by molar-refractivity contribution is 5.38. The molecule has 3 fully saturated rings. The molecule has 0 amide bonds. The van der Waals surface area contributed by atoms with Crippen LogP contribution in [-0.4, -0.2) is 54.7 Å². The van der Waals surface area contributed by atoms with Gasteiger partial charge in [-0.1, -0.05) is 6.07 Å². The molecule has 1 saturated carbocycles. The maximum Gasteiger partial charge on any atom is 0.128 e. The van der Waals surface area contributed by atoms with Crippen LogP contribution in [0.25, 0.3) is 0 Å². The molecule has 0 unspecified atom stereocenters. The second-order valence-electron chi connectivity index (χ2n) is 7.57. The third kappa shape index (κ3) is 4.04. The molecule has 4 rings (SSSR count). The van der Waals surface area contributed by atoms with Gasteiger partial charge in [-0.3, -0.25) is 0 Å². The van der Waals surface area contributed by atoms with Crippen molar-refractivity contribution in [1.82, 2.24) is 15.2 Å². The summed E-state index contributed by atoms with van der Waals surface area (Å²) in [7, 11) is 0. The fourth-order valence-corrected chi connectivity index (χ4v) is 4.12. The Morgan fingerprint density at radius 2 is 1.74 bits per heavy atom. The Hall–Kier alpha value is -1.13. The van der Waals surface area contributed by atoms with Gasteiger partial charge >= 0.3 is 0 Å². The van der Waals surface area contributed by atoms with Gasteiger partial charge in [-0.15, -0.1) is 0 Å². The first-order valence-electron chi connectivity index (χ1n) is 9.52. The number of hydrogen-bond donors (Lipinski definition) is 1. The van der Waals surface area contributed by atoms with Gasteiger partial charge in [0.05, 0.1) is 0 Å². The van der Waals surface area contributed by atoms with Crippen LogP contribution in [-0.2, 0) is 0 Å². The zero-order valence-electron chi connectivity index (χ0n) is 14.2. The molecule has 0 spiro atoms. The normalized spacial score (nSPS) is 25.0. The van der Waals surface area contributed by atoms with Crippen LogP contribution in [0.15, 0.2) is 24.4 Å². The Labute approximate surface area is 140 Å². The maximum absolute atomic E-state index is 4.49. The van der Waals surface area contributed by atoms with Crippen LogP contribution in [0, 0.1) is 5.92 Å². The largest absolute Gasteiger partial charge is 0.357 e. The number of hydrogen-bond acceptors (Lipinski definition) is 4. The van der Waals surface area contributed by atoms with Crippen molar-refractivity contribution in [1.29, 1.82) is 0 Å². The molecule has 1 N–H and O–H groups in total. The third-order valence-corrected chi connectivity index (χ3v) is 5.88. The molecule has 0 bridgehead atoms.